The molecule has 6 heteroatoms. The molecule has 2 aliphatic rings. The third-order valence-electron chi connectivity index (χ3n) is 5.03. The van der Waals surface area contributed by atoms with E-state index in [9.17, 15) is 4.79 Å². The van der Waals surface area contributed by atoms with Crippen molar-refractivity contribution >= 4 is 17.7 Å². The summed E-state index contributed by atoms with van der Waals surface area (Å²) >= 11 is 1.62. The van der Waals surface area contributed by atoms with Crippen molar-refractivity contribution in [2.45, 2.75) is 42.9 Å². The number of likely N-dealkylation sites (tertiary alicyclic amines) is 1. The van der Waals surface area contributed by atoms with E-state index in [-0.39, 0.29) is 5.91 Å². The maximum absolute atomic E-state index is 12.9. The average molecular weight is 357 g/mol. The van der Waals surface area contributed by atoms with Crippen molar-refractivity contribution in [3.05, 3.63) is 41.5 Å². The molecule has 0 bridgehead atoms. The fraction of sp³-hybridized carbons (Fsp3) is 0.526. The molecule has 0 N–H and O–H groups in total. The molecule has 1 aliphatic carbocycles. The lowest BCUT2D eigenvalue weighted by Crippen LogP contribution is -2.40. The number of amides is 1. The van der Waals surface area contributed by atoms with E-state index in [2.05, 4.69) is 10.1 Å². The third-order valence-corrected chi connectivity index (χ3v) is 5.83. The van der Waals surface area contributed by atoms with Crippen LogP contribution in [0.3, 0.4) is 0 Å². The van der Waals surface area contributed by atoms with E-state index >= 15 is 0 Å². The first-order valence-corrected chi connectivity index (χ1v) is 10.2. The molecule has 1 saturated carbocycles. The highest BCUT2D eigenvalue weighted by atomic mass is 32.2. The van der Waals surface area contributed by atoms with Gasteiger partial charge >= 0.3 is 0 Å². The molecule has 1 aromatic carbocycles. The second-order valence-electron chi connectivity index (χ2n) is 6.98. The molecule has 1 unspecified atom stereocenters. The van der Waals surface area contributed by atoms with E-state index < -0.39 is 0 Å². The topological polar surface area (TPSA) is 59.2 Å². The van der Waals surface area contributed by atoms with Gasteiger partial charge < -0.3 is 9.42 Å². The number of thioether (sulfide) groups is 1. The zero-order valence-corrected chi connectivity index (χ0v) is 15.3. The number of hydrogen-bond donors (Lipinski definition) is 0. The summed E-state index contributed by atoms with van der Waals surface area (Å²) in [6.07, 6.45) is 7.28. The lowest BCUT2D eigenvalue weighted by Gasteiger charge is -2.32. The van der Waals surface area contributed by atoms with Crippen molar-refractivity contribution in [3.8, 4) is 0 Å². The van der Waals surface area contributed by atoms with Gasteiger partial charge in [0.2, 0.25) is 5.89 Å². The average Bonchev–Trinajstić information content (AvgIpc) is 3.41. The Balaban J connectivity index is 1.42. The van der Waals surface area contributed by atoms with Gasteiger partial charge in [0.05, 0.1) is 5.56 Å². The first-order chi connectivity index (χ1) is 12.2. The summed E-state index contributed by atoms with van der Waals surface area (Å²) in [4.78, 5) is 20.5. The Bertz CT molecular complexity index is 757. The lowest BCUT2D eigenvalue weighted by atomic mass is 9.94. The van der Waals surface area contributed by atoms with Crippen molar-refractivity contribution in [3.63, 3.8) is 0 Å². The zero-order valence-electron chi connectivity index (χ0n) is 14.5. The van der Waals surface area contributed by atoms with Crippen molar-refractivity contribution < 1.29 is 9.32 Å². The van der Waals surface area contributed by atoms with Crippen LogP contribution in [0.15, 0.2) is 33.7 Å². The van der Waals surface area contributed by atoms with Crippen LogP contribution < -0.4 is 0 Å². The first-order valence-electron chi connectivity index (χ1n) is 8.99. The van der Waals surface area contributed by atoms with Crippen LogP contribution in [0.1, 0.15) is 53.7 Å². The number of rotatable bonds is 5. The predicted molar refractivity (Wildman–Crippen MR) is 96.8 cm³/mol. The molecule has 1 aromatic heterocycles. The fourth-order valence-electron chi connectivity index (χ4n) is 3.51. The van der Waals surface area contributed by atoms with Gasteiger partial charge in [0.15, 0.2) is 5.82 Å². The molecule has 132 valence electrons. The van der Waals surface area contributed by atoms with E-state index in [1.165, 1.54) is 12.8 Å². The highest BCUT2D eigenvalue weighted by Crippen LogP contribution is 2.38. The van der Waals surface area contributed by atoms with Gasteiger partial charge in [-0.25, -0.2) is 0 Å². The number of hydrogen-bond acceptors (Lipinski definition) is 5. The molecule has 4 rings (SSSR count). The normalized spacial score (nSPS) is 20.7. The standard InChI is InChI=1S/C19H23N3O2S/c1-25-16-7-3-2-6-15(16)19(23)22-10-4-5-13(12-22)11-17-20-18(21-24-17)14-8-9-14/h2-3,6-7,13-14H,4-5,8-12H2,1H3. The first kappa shape index (κ1) is 16.6. The predicted octanol–water partition coefficient (Wildman–Crippen LogP) is 3.76. The smallest absolute Gasteiger partial charge is 0.254 e. The monoisotopic (exact) mass is 357 g/mol. The molecule has 2 heterocycles. The van der Waals surface area contributed by atoms with Crippen LogP contribution in [-0.2, 0) is 6.42 Å². The summed E-state index contributed by atoms with van der Waals surface area (Å²) < 4.78 is 5.42. The van der Waals surface area contributed by atoms with E-state index in [0.717, 1.165) is 54.5 Å². The summed E-state index contributed by atoms with van der Waals surface area (Å²) in [5.74, 6) is 2.65. The fourth-order valence-corrected chi connectivity index (χ4v) is 4.10. The minimum atomic E-state index is 0.138. The lowest BCUT2D eigenvalue weighted by molar-refractivity contribution is 0.0664. The number of nitrogens with zero attached hydrogens (tertiary/aromatic N) is 3. The Labute approximate surface area is 152 Å². The highest BCUT2D eigenvalue weighted by Gasteiger charge is 2.30. The Morgan fingerprint density at radius 3 is 2.96 bits per heavy atom. The third kappa shape index (κ3) is 3.73. The van der Waals surface area contributed by atoms with E-state index in [1.54, 1.807) is 11.8 Å². The Morgan fingerprint density at radius 2 is 2.16 bits per heavy atom. The molecule has 2 fully saturated rings. The molecular formula is C19H23N3O2S. The highest BCUT2D eigenvalue weighted by molar-refractivity contribution is 7.98. The molecule has 0 radical (unpaired) electrons. The minimum Gasteiger partial charge on any atom is -0.339 e. The Morgan fingerprint density at radius 1 is 1.32 bits per heavy atom. The van der Waals surface area contributed by atoms with Gasteiger partial charge in [-0.05, 0) is 50.0 Å². The second-order valence-corrected chi connectivity index (χ2v) is 7.83. The number of carbonyl (C=O) groups excluding carboxylic acids is 1. The molecule has 1 atom stereocenters. The van der Waals surface area contributed by atoms with Gasteiger partial charge in [0, 0.05) is 30.3 Å². The quantitative estimate of drug-likeness (QED) is 0.763. The van der Waals surface area contributed by atoms with Gasteiger partial charge in [-0.15, -0.1) is 11.8 Å². The number of aromatic nitrogens is 2. The second kappa shape index (κ2) is 7.20. The molecule has 1 aliphatic heterocycles. The van der Waals surface area contributed by atoms with Crippen molar-refractivity contribution in [1.82, 2.24) is 15.0 Å². The molecule has 5 nitrogen and oxygen atoms in total. The number of benzene rings is 1. The van der Waals surface area contributed by atoms with E-state index in [4.69, 9.17) is 4.52 Å². The SMILES string of the molecule is CSc1ccccc1C(=O)N1CCCC(Cc2nc(C3CC3)no2)C1. The number of piperidine rings is 1. The van der Waals surface area contributed by atoms with Crippen LogP contribution >= 0.6 is 11.8 Å². The maximum atomic E-state index is 12.9. The van der Waals surface area contributed by atoms with Gasteiger partial charge in [-0.3, -0.25) is 4.79 Å². The molecule has 25 heavy (non-hydrogen) atoms. The Hall–Kier alpha value is -1.82. The zero-order chi connectivity index (χ0) is 17.2. The number of carbonyl (C=O) groups is 1. The van der Waals surface area contributed by atoms with Crippen molar-refractivity contribution in [2.75, 3.05) is 19.3 Å². The van der Waals surface area contributed by atoms with Crippen LogP contribution in [-0.4, -0.2) is 40.3 Å². The van der Waals surface area contributed by atoms with Gasteiger partial charge in [0.1, 0.15) is 0 Å². The van der Waals surface area contributed by atoms with Gasteiger partial charge in [-0.2, -0.15) is 4.98 Å². The largest absolute Gasteiger partial charge is 0.339 e. The summed E-state index contributed by atoms with van der Waals surface area (Å²) in [7, 11) is 0. The maximum Gasteiger partial charge on any atom is 0.254 e. The van der Waals surface area contributed by atoms with Crippen LogP contribution in [0.4, 0.5) is 0 Å². The van der Waals surface area contributed by atoms with Crippen LogP contribution in [0.5, 0.6) is 0 Å². The summed E-state index contributed by atoms with van der Waals surface area (Å²) in [6.45, 7) is 1.60. The molecule has 1 amide bonds. The van der Waals surface area contributed by atoms with Gasteiger partial charge in [0.25, 0.3) is 5.91 Å². The van der Waals surface area contributed by atoms with Crippen molar-refractivity contribution in [1.29, 1.82) is 0 Å². The van der Waals surface area contributed by atoms with Crippen LogP contribution in [0.25, 0.3) is 0 Å². The molecule has 2 aromatic rings. The van der Waals surface area contributed by atoms with Crippen LogP contribution in [0, 0.1) is 5.92 Å². The summed E-state index contributed by atoms with van der Waals surface area (Å²) in [6, 6.07) is 7.86. The summed E-state index contributed by atoms with van der Waals surface area (Å²) in [5.41, 5.74) is 0.810. The van der Waals surface area contributed by atoms with E-state index in [1.807, 2.05) is 35.4 Å². The Kier molecular flexibility index (Phi) is 4.79. The summed E-state index contributed by atoms with van der Waals surface area (Å²) in [5, 5.41) is 4.10. The van der Waals surface area contributed by atoms with Gasteiger partial charge in [-0.1, -0.05) is 17.3 Å². The molecule has 0 spiro atoms. The van der Waals surface area contributed by atoms with E-state index in [0.29, 0.717) is 11.8 Å². The minimum absolute atomic E-state index is 0.138. The van der Waals surface area contributed by atoms with Crippen molar-refractivity contribution in [2.24, 2.45) is 5.92 Å². The molecular weight excluding hydrogens is 334 g/mol. The molecule has 1 saturated heterocycles. The van der Waals surface area contributed by atoms with Crippen LogP contribution in [0.2, 0.25) is 0 Å².